The lowest BCUT2D eigenvalue weighted by Crippen LogP contribution is -2.40. The minimum atomic E-state index is -3.37. The molecule has 5 nitrogen and oxygen atoms in total. The van der Waals surface area contributed by atoms with Gasteiger partial charge in [0.1, 0.15) is 0 Å². The molecule has 1 heterocycles. The summed E-state index contributed by atoms with van der Waals surface area (Å²) < 4.78 is 25.9. The fourth-order valence-electron chi connectivity index (χ4n) is 2.15. The van der Waals surface area contributed by atoms with Crippen molar-refractivity contribution in [2.75, 3.05) is 13.1 Å². The van der Waals surface area contributed by atoms with Gasteiger partial charge in [0.05, 0.1) is 23.5 Å². The predicted octanol–water partition coefficient (Wildman–Crippen LogP) is 0.845. The summed E-state index contributed by atoms with van der Waals surface area (Å²) in [6.45, 7) is 0.725. The fraction of sp³-hybridized carbons (Fsp3) is 0.462. The highest BCUT2D eigenvalue weighted by Crippen LogP contribution is 2.18. The predicted molar refractivity (Wildman–Crippen MR) is 70.6 cm³/mol. The summed E-state index contributed by atoms with van der Waals surface area (Å²) in [6.07, 6.45) is 0.572. The maximum atomic E-state index is 12.2. The zero-order valence-electron chi connectivity index (χ0n) is 10.5. The van der Waals surface area contributed by atoms with Crippen molar-refractivity contribution >= 4 is 10.0 Å². The third-order valence-corrected chi connectivity index (χ3v) is 5.07. The molecule has 0 radical (unpaired) electrons. The molecule has 1 saturated heterocycles. The Bertz CT molecular complexity index is 584. The van der Waals surface area contributed by atoms with Gasteiger partial charge in [-0.3, -0.25) is 0 Å². The topological polar surface area (TPSA) is 81.4 Å². The van der Waals surface area contributed by atoms with Gasteiger partial charge in [-0.15, -0.1) is 0 Å². The van der Waals surface area contributed by atoms with Gasteiger partial charge in [0, 0.05) is 13.1 Å². The minimum absolute atomic E-state index is 0.0986. The molecular formula is C13H16N2O3S. The van der Waals surface area contributed by atoms with Crippen LogP contribution in [-0.4, -0.2) is 37.0 Å². The summed E-state index contributed by atoms with van der Waals surface area (Å²) in [5.74, 6) is -0.0986. The average Bonchev–Trinajstić information content (AvgIpc) is 2.39. The van der Waals surface area contributed by atoms with Crippen molar-refractivity contribution < 1.29 is 13.5 Å². The van der Waals surface area contributed by atoms with E-state index in [1.807, 2.05) is 6.07 Å². The van der Waals surface area contributed by atoms with Gasteiger partial charge in [0.25, 0.3) is 0 Å². The maximum absolute atomic E-state index is 12.2. The molecule has 1 aliphatic rings. The van der Waals surface area contributed by atoms with Crippen LogP contribution in [0.25, 0.3) is 0 Å². The first kappa shape index (κ1) is 14.0. The van der Waals surface area contributed by atoms with Gasteiger partial charge >= 0.3 is 0 Å². The molecule has 0 bridgehead atoms. The Kier molecular flexibility index (Phi) is 4.20. The summed E-state index contributed by atoms with van der Waals surface area (Å²) in [4.78, 5) is 0. The summed E-state index contributed by atoms with van der Waals surface area (Å²) in [5, 5.41) is 18.2. The zero-order chi connectivity index (χ0) is 13.9. The number of sulfonamides is 1. The van der Waals surface area contributed by atoms with E-state index >= 15 is 0 Å². The van der Waals surface area contributed by atoms with Crippen LogP contribution in [-0.2, 0) is 15.8 Å². The van der Waals surface area contributed by atoms with Crippen LogP contribution in [0.4, 0.5) is 0 Å². The van der Waals surface area contributed by atoms with E-state index in [4.69, 9.17) is 5.26 Å². The van der Waals surface area contributed by atoms with Crippen LogP contribution < -0.4 is 0 Å². The van der Waals surface area contributed by atoms with E-state index in [0.717, 1.165) is 0 Å². The van der Waals surface area contributed by atoms with E-state index in [-0.39, 0.29) is 5.75 Å². The Hall–Kier alpha value is -1.42. The third kappa shape index (κ3) is 3.53. The maximum Gasteiger partial charge on any atom is 0.218 e. The normalized spacial score (nSPS) is 18.1. The van der Waals surface area contributed by atoms with Gasteiger partial charge in [-0.25, -0.2) is 12.7 Å². The van der Waals surface area contributed by atoms with E-state index in [1.54, 1.807) is 24.3 Å². The summed E-state index contributed by atoms with van der Waals surface area (Å²) in [7, 11) is -3.37. The first-order chi connectivity index (χ1) is 9.01. The highest BCUT2D eigenvalue weighted by molar-refractivity contribution is 7.88. The van der Waals surface area contributed by atoms with Crippen LogP contribution in [0.3, 0.4) is 0 Å². The van der Waals surface area contributed by atoms with Crippen LogP contribution in [0.15, 0.2) is 24.3 Å². The zero-order valence-corrected chi connectivity index (χ0v) is 11.3. The molecule has 0 aromatic heterocycles. The molecule has 0 saturated carbocycles. The molecule has 19 heavy (non-hydrogen) atoms. The van der Waals surface area contributed by atoms with Gasteiger partial charge in [0.15, 0.2) is 0 Å². The van der Waals surface area contributed by atoms with Gasteiger partial charge in [0.2, 0.25) is 10.0 Å². The molecule has 1 aliphatic heterocycles. The van der Waals surface area contributed by atoms with E-state index in [1.165, 1.54) is 4.31 Å². The van der Waals surface area contributed by atoms with Gasteiger partial charge in [-0.05, 0) is 30.5 Å². The second kappa shape index (κ2) is 5.70. The molecule has 2 rings (SSSR count). The number of nitrogens with zero attached hydrogens (tertiary/aromatic N) is 2. The molecule has 0 atom stereocenters. The van der Waals surface area contributed by atoms with Crippen molar-refractivity contribution in [2.45, 2.75) is 24.7 Å². The lowest BCUT2D eigenvalue weighted by Gasteiger charge is -2.28. The fourth-order valence-corrected chi connectivity index (χ4v) is 3.70. The van der Waals surface area contributed by atoms with Crippen LogP contribution >= 0.6 is 0 Å². The van der Waals surface area contributed by atoms with Gasteiger partial charge < -0.3 is 5.11 Å². The quantitative estimate of drug-likeness (QED) is 0.889. The third-order valence-electron chi connectivity index (χ3n) is 3.22. The number of aliphatic hydroxyl groups is 1. The molecule has 102 valence electrons. The highest BCUT2D eigenvalue weighted by Gasteiger charge is 2.27. The SMILES string of the molecule is N#Cc1cccc(CS(=O)(=O)N2CCC(O)CC2)c1. The molecule has 6 heteroatoms. The Morgan fingerprint density at radius 2 is 2.05 bits per heavy atom. The van der Waals surface area contributed by atoms with E-state index in [0.29, 0.717) is 37.1 Å². The number of nitriles is 1. The molecule has 1 aromatic rings. The van der Waals surface area contributed by atoms with Gasteiger partial charge in [-0.2, -0.15) is 5.26 Å². The number of hydrogen-bond acceptors (Lipinski definition) is 4. The summed E-state index contributed by atoms with van der Waals surface area (Å²) in [6, 6.07) is 8.63. The van der Waals surface area contributed by atoms with Crippen LogP contribution in [0.2, 0.25) is 0 Å². The smallest absolute Gasteiger partial charge is 0.218 e. The van der Waals surface area contributed by atoms with Crippen molar-refractivity contribution in [1.29, 1.82) is 5.26 Å². The van der Waals surface area contributed by atoms with Crippen molar-refractivity contribution in [3.63, 3.8) is 0 Å². The number of hydrogen-bond donors (Lipinski definition) is 1. The van der Waals surface area contributed by atoms with E-state index < -0.39 is 16.1 Å². The Labute approximate surface area is 113 Å². The van der Waals surface area contributed by atoms with E-state index in [9.17, 15) is 13.5 Å². The molecule has 0 aliphatic carbocycles. The van der Waals surface area contributed by atoms with Crippen molar-refractivity contribution in [2.24, 2.45) is 0 Å². The summed E-state index contributed by atoms with van der Waals surface area (Å²) in [5.41, 5.74) is 1.08. The monoisotopic (exact) mass is 280 g/mol. The number of aliphatic hydroxyl groups excluding tert-OH is 1. The molecular weight excluding hydrogens is 264 g/mol. The Balaban J connectivity index is 2.10. The van der Waals surface area contributed by atoms with Crippen LogP contribution in [0, 0.1) is 11.3 Å². The van der Waals surface area contributed by atoms with Crippen LogP contribution in [0.5, 0.6) is 0 Å². The molecule has 1 aromatic carbocycles. The molecule has 1 fully saturated rings. The first-order valence-electron chi connectivity index (χ1n) is 6.16. The standard InChI is InChI=1S/C13H16N2O3S/c14-9-11-2-1-3-12(8-11)10-19(17,18)15-6-4-13(16)5-7-15/h1-3,8,13,16H,4-7,10H2. The molecule has 0 unspecified atom stereocenters. The Morgan fingerprint density at radius 3 is 2.68 bits per heavy atom. The second-order valence-corrected chi connectivity index (χ2v) is 6.67. The van der Waals surface area contributed by atoms with Crippen molar-refractivity contribution in [3.05, 3.63) is 35.4 Å². The van der Waals surface area contributed by atoms with Gasteiger partial charge in [-0.1, -0.05) is 12.1 Å². The lowest BCUT2D eigenvalue weighted by atomic mass is 10.1. The van der Waals surface area contributed by atoms with Crippen LogP contribution in [0.1, 0.15) is 24.0 Å². The molecule has 0 amide bonds. The lowest BCUT2D eigenvalue weighted by molar-refractivity contribution is 0.113. The first-order valence-corrected chi connectivity index (χ1v) is 7.77. The second-order valence-electron chi connectivity index (χ2n) is 4.70. The molecule has 0 spiro atoms. The highest BCUT2D eigenvalue weighted by atomic mass is 32.2. The Morgan fingerprint density at radius 1 is 1.37 bits per heavy atom. The van der Waals surface area contributed by atoms with Crippen molar-refractivity contribution in [1.82, 2.24) is 4.31 Å². The largest absolute Gasteiger partial charge is 0.393 e. The number of benzene rings is 1. The summed E-state index contributed by atoms with van der Waals surface area (Å²) >= 11 is 0. The minimum Gasteiger partial charge on any atom is -0.393 e. The van der Waals surface area contributed by atoms with E-state index in [2.05, 4.69) is 0 Å². The number of rotatable bonds is 3. The van der Waals surface area contributed by atoms with Crippen molar-refractivity contribution in [3.8, 4) is 6.07 Å². The molecule has 1 N–H and O–H groups in total. The average molecular weight is 280 g/mol. The number of piperidine rings is 1.